The topological polar surface area (TPSA) is 20.2 Å². The van der Waals surface area contributed by atoms with Gasteiger partial charge in [0.15, 0.2) is 0 Å². The van der Waals surface area contributed by atoms with Gasteiger partial charge >= 0.3 is 0 Å². The van der Waals surface area contributed by atoms with E-state index in [1.807, 2.05) is 0 Å². The van der Waals surface area contributed by atoms with Crippen LogP contribution in [0.2, 0.25) is 0 Å². The Bertz CT molecular complexity index is 439. The Morgan fingerprint density at radius 2 is 1.60 bits per heavy atom. The quantitative estimate of drug-likeness (QED) is 0.820. The van der Waals surface area contributed by atoms with Gasteiger partial charge in [0.25, 0.3) is 0 Å². The summed E-state index contributed by atoms with van der Waals surface area (Å²) >= 11 is 0. The van der Waals surface area contributed by atoms with Gasteiger partial charge in [-0.15, -0.1) is 0 Å². The zero-order chi connectivity index (χ0) is 15.0. The highest BCUT2D eigenvalue weighted by Crippen LogP contribution is 2.42. The Kier molecular flexibility index (Phi) is 4.30. The third kappa shape index (κ3) is 3.44. The van der Waals surface area contributed by atoms with Gasteiger partial charge in [0.2, 0.25) is 0 Å². The van der Waals surface area contributed by atoms with Crippen molar-refractivity contribution in [3.8, 4) is 0 Å². The Labute approximate surface area is 124 Å². The number of aliphatic hydroxyl groups is 1. The van der Waals surface area contributed by atoms with Crippen LogP contribution in [0.5, 0.6) is 0 Å². The average molecular weight is 274 g/mol. The lowest BCUT2D eigenvalue weighted by Gasteiger charge is -2.41. The van der Waals surface area contributed by atoms with E-state index in [2.05, 4.69) is 52.8 Å². The number of rotatable bonds is 2. The van der Waals surface area contributed by atoms with Gasteiger partial charge in [-0.1, -0.05) is 39.0 Å². The highest BCUT2D eigenvalue weighted by atomic mass is 16.3. The first-order chi connectivity index (χ1) is 9.21. The molecule has 1 aliphatic carbocycles. The second-order valence-corrected chi connectivity index (χ2v) is 7.91. The summed E-state index contributed by atoms with van der Waals surface area (Å²) in [5.74, 6) is 0.751. The molecule has 1 N–H and O–H groups in total. The molecule has 0 heterocycles. The standard InChI is InChI=1S/C19H30O/c1-14-7-6-8-15(2)17(14)13-19(20)11-9-16(10-12-19)18(3,4)5/h6-8,16,20H,9-13H2,1-5H3. The van der Waals surface area contributed by atoms with Crippen LogP contribution in [-0.2, 0) is 6.42 Å². The number of hydrogen-bond donors (Lipinski definition) is 1. The van der Waals surface area contributed by atoms with Crippen molar-refractivity contribution in [3.63, 3.8) is 0 Å². The maximum atomic E-state index is 11.0. The van der Waals surface area contributed by atoms with Crippen LogP contribution < -0.4 is 0 Å². The van der Waals surface area contributed by atoms with Crippen LogP contribution in [0.1, 0.15) is 63.1 Å². The maximum Gasteiger partial charge on any atom is 0.0688 e. The molecule has 0 radical (unpaired) electrons. The van der Waals surface area contributed by atoms with Crippen molar-refractivity contribution in [2.75, 3.05) is 0 Å². The summed E-state index contributed by atoms with van der Waals surface area (Å²) in [4.78, 5) is 0. The van der Waals surface area contributed by atoms with E-state index in [-0.39, 0.29) is 0 Å². The minimum atomic E-state index is -0.487. The van der Waals surface area contributed by atoms with E-state index in [4.69, 9.17) is 0 Å². The summed E-state index contributed by atoms with van der Waals surface area (Å²) in [6, 6.07) is 6.42. The zero-order valence-corrected chi connectivity index (χ0v) is 13.8. The molecule has 0 aliphatic heterocycles. The molecule has 1 aromatic carbocycles. The van der Waals surface area contributed by atoms with Crippen molar-refractivity contribution in [3.05, 3.63) is 34.9 Å². The van der Waals surface area contributed by atoms with Crippen LogP contribution in [0.3, 0.4) is 0 Å². The summed E-state index contributed by atoms with van der Waals surface area (Å²) in [6.45, 7) is 11.3. The van der Waals surface area contributed by atoms with Gasteiger partial charge in [0.05, 0.1) is 5.60 Å². The van der Waals surface area contributed by atoms with Crippen LogP contribution in [-0.4, -0.2) is 10.7 Å². The van der Waals surface area contributed by atoms with Crippen molar-refractivity contribution >= 4 is 0 Å². The third-order valence-corrected chi connectivity index (χ3v) is 5.29. The minimum absolute atomic E-state index is 0.375. The van der Waals surface area contributed by atoms with E-state index < -0.39 is 5.60 Å². The van der Waals surface area contributed by atoms with Gasteiger partial charge in [0, 0.05) is 6.42 Å². The van der Waals surface area contributed by atoms with Crippen molar-refractivity contribution in [1.82, 2.24) is 0 Å². The molecule has 0 bridgehead atoms. The average Bonchev–Trinajstić information content (AvgIpc) is 2.33. The molecule has 1 fully saturated rings. The molecule has 112 valence electrons. The van der Waals surface area contributed by atoms with E-state index in [1.54, 1.807) is 0 Å². The van der Waals surface area contributed by atoms with E-state index >= 15 is 0 Å². The fraction of sp³-hybridized carbons (Fsp3) is 0.684. The molecule has 2 rings (SSSR count). The lowest BCUT2D eigenvalue weighted by molar-refractivity contribution is -0.0247. The molecule has 1 saturated carbocycles. The summed E-state index contributed by atoms with van der Waals surface area (Å²) in [7, 11) is 0. The highest BCUT2D eigenvalue weighted by molar-refractivity contribution is 5.34. The second-order valence-electron chi connectivity index (χ2n) is 7.91. The predicted molar refractivity (Wildman–Crippen MR) is 86.0 cm³/mol. The van der Waals surface area contributed by atoms with Crippen LogP contribution in [0.25, 0.3) is 0 Å². The first-order valence-electron chi connectivity index (χ1n) is 7.99. The Morgan fingerprint density at radius 1 is 1.10 bits per heavy atom. The minimum Gasteiger partial charge on any atom is -0.390 e. The van der Waals surface area contributed by atoms with Crippen molar-refractivity contribution in [2.45, 2.75) is 72.3 Å². The SMILES string of the molecule is Cc1cccc(C)c1CC1(O)CCC(C(C)(C)C)CC1. The molecule has 1 nitrogen and oxygen atoms in total. The Hall–Kier alpha value is -0.820. The van der Waals surface area contributed by atoms with Crippen LogP contribution in [0.4, 0.5) is 0 Å². The monoisotopic (exact) mass is 274 g/mol. The molecular weight excluding hydrogens is 244 g/mol. The largest absolute Gasteiger partial charge is 0.390 e. The van der Waals surface area contributed by atoms with Gasteiger partial charge in [0.1, 0.15) is 0 Å². The van der Waals surface area contributed by atoms with Gasteiger partial charge in [-0.25, -0.2) is 0 Å². The summed E-state index contributed by atoms with van der Waals surface area (Å²) in [5, 5.41) is 11.0. The smallest absolute Gasteiger partial charge is 0.0688 e. The van der Waals surface area contributed by atoms with Crippen molar-refractivity contribution in [2.24, 2.45) is 11.3 Å². The Morgan fingerprint density at radius 3 is 2.05 bits per heavy atom. The van der Waals surface area contributed by atoms with E-state index in [1.165, 1.54) is 16.7 Å². The molecule has 0 amide bonds. The summed E-state index contributed by atoms with van der Waals surface area (Å²) < 4.78 is 0. The highest BCUT2D eigenvalue weighted by Gasteiger charge is 2.37. The lowest BCUT2D eigenvalue weighted by atomic mass is 9.67. The lowest BCUT2D eigenvalue weighted by Crippen LogP contribution is -2.39. The first kappa shape index (κ1) is 15.6. The Balaban J connectivity index is 2.08. The fourth-order valence-corrected chi connectivity index (χ4v) is 3.65. The van der Waals surface area contributed by atoms with E-state index in [0.29, 0.717) is 5.41 Å². The number of benzene rings is 1. The molecule has 20 heavy (non-hydrogen) atoms. The van der Waals surface area contributed by atoms with E-state index in [0.717, 1.165) is 38.0 Å². The molecular formula is C19H30O. The van der Waals surface area contributed by atoms with Crippen LogP contribution in [0, 0.1) is 25.2 Å². The van der Waals surface area contributed by atoms with Gasteiger partial charge in [-0.05, 0) is 67.6 Å². The molecule has 1 aliphatic rings. The predicted octanol–water partition coefficient (Wildman–Crippen LogP) is 4.81. The first-order valence-corrected chi connectivity index (χ1v) is 7.99. The molecule has 0 unspecified atom stereocenters. The van der Waals surface area contributed by atoms with Crippen molar-refractivity contribution < 1.29 is 5.11 Å². The molecule has 0 saturated heterocycles. The summed E-state index contributed by atoms with van der Waals surface area (Å²) in [5.41, 5.74) is 3.87. The third-order valence-electron chi connectivity index (χ3n) is 5.29. The van der Waals surface area contributed by atoms with Gasteiger partial charge in [-0.2, -0.15) is 0 Å². The fourth-order valence-electron chi connectivity index (χ4n) is 3.65. The molecule has 0 atom stereocenters. The maximum absolute atomic E-state index is 11.0. The van der Waals surface area contributed by atoms with Gasteiger partial charge in [-0.3, -0.25) is 0 Å². The van der Waals surface area contributed by atoms with Crippen LogP contribution >= 0.6 is 0 Å². The van der Waals surface area contributed by atoms with Crippen molar-refractivity contribution in [1.29, 1.82) is 0 Å². The molecule has 1 heteroatoms. The number of aryl methyl sites for hydroxylation is 2. The normalized spacial score (nSPS) is 27.6. The number of hydrogen-bond acceptors (Lipinski definition) is 1. The van der Waals surface area contributed by atoms with E-state index in [9.17, 15) is 5.11 Å². The molecule has 1 aromatic rings. The molecule has 0 spiro atoms. The summed E-state index contributed by atoms with van der Waals surface area (Å²) in [6.07, 6.45) is 5.03. The van der Waals surface area contributed by atoms with Gasteiger partial charge < -0.3 is 5.11 Å². The second kappa shape index (κ2) is 5.52. The zero-order valence-electron chi connectivity index (χ0n) is 13.8. The van der Waals surface area contributed by atoms with Crippen LogP contribution in [0.15, 0.2) is 18.2 Å². The molecule has 0 aromatic heterocycles.